The van der Waals surface area contributed by atoms with Gasteiger partial charge in [0, 0.05) is 13.6 Å². The Bertz CT molecular complexity index is 727. The topological polar surface area (TPSA) is 60.8 Å². The molecule has 0 fully saturated rings. The number of rotatable bonds is 0. The van der Waals surface area contributed by atoms with Crippen LogP contribution in [0.15, 0.2) is 30.3 Å². The summed E-state index contributed by atoms with van der Waals surface area (Å²) in [7, 11) is 1.68. The first-order valence-electron chi connectivity index (χ1n) is 6.07. The Morgan fingerprint density at radius 1 is 1.10 bits per heavy atom. The molecule has 0 saturated carbocycles. The van der Waals surface area contributed by atoms with Crippen molar-refractivity contribution in [2.45, 2.75) is 6.54 Å². The fourth-order valence-electron chi connectivity index (χ4n) is 2.47. The predicted octanol–water partition coefficient (Wildman–Crippen LogP) is 3.00. The van der Waals surface area contributed by atoms with Crippen LogP contribution >= 0.6 is 11.6 Å². The second-order valence-corrected chi connectivity index (χ2v) is 5.26. The zero-order valence-electron chi connectivity index (χ0n) is 10.7. The standard InChI is InChI=1S/C15H12ClNO3/c1-17-7-8-4-9(18)2-3-10(8)11-5-13(16)14(19)6-12(11)15(17)20/h2-6,18-19H,7H2,1H3. The molecule has 0 radical (unpaired) electrons. The van der Waals surface area contributed by atoms with Crippen LogP contribution < -0.4 is 0 Å². The van der Waals surface area contributed by atoms with Crippen LogP contribution in [-0.2, 0) is 6.54 Å². The molecule has 0 bridgehead atoms. The molecule has 0 aliphatic carbocycles. The number of fused-ring (bicyclic) bond motifs is 3. The van der Waals surface area contributed by atoms with Gasteiger partial charge in [-0.25, -0.2) is 0 Å². The maximum Gasteiger partial charge on any atom is 0.254 e. The van der Waals surface area contributed by atoms with E-state index in [1.165, 1.54) is 11.0 Å². The molecular weight excluding hydrogens is 278 g/mol. The molecule has 0 spiro atoms. The summed E-state index contributed by atoms with van der Waals surface area (Å²) in [6.45, 7) is 0.385. The van der Waals surface area contributed by atoms with Gasteiger partial charge in [0.15, 0.2) is 0 Å². The lowest BCUT2D eigenvalue weighted by Crippen LogP contribution is -2.24. The fourth-order valence-corrected chi connectivity index (χ4v) is 2.63. The van der Waals surface area contributed by atoms with Crippen LogP contribution in [-0.4, -0.2) is 28.1 Å². The highest BCUT2D eigenvalue weighted by molar-refractivity contribution is 6.32. The van der Waals surface area contributed by atoms with E-state index in [2.05, 4.69) is 0 Å². The third-order valence-electron chi connectivity index (χ3n) is 3.45. The highest BCUT2D eigenvalue weighted by Crippen LogP contribution is 2.38. The molecule has 1 heterocycles. The van der Waals surface area contributed by atoms with Crippen LogP contribution in [0.2, 0.25) is 5.02 Å². The highest BCUT2D eigenvalue weighted by Gasteiger charge is 2.25. The van der Waals surface area contributed by atoms with E-state index >= 15 is 0 Å². The van der Waals surface area contributed by atoms with Crippen LogP contribution in [0.25, 0.3) is 11.1 Å². The molecule has 20 heavy (non-hydrogen) atoms. The second kappa shape index (κ2) is 4.42. The van der Waals surface area contributed by atoms with E-state index in [1.54, 1.807) is 31.3 Å². The van der Waals surface area contributed by atoms with Gasteiger partial charge < -0.3 is 15.1 Å². The summed E-state index contributed by atoms with van der Waals surface area (Å²) in [5.41, 5.74) is 2.73. The molecule has 102 valence electrons. The van der Waals surface area contributed by atoms with E-state index in [4.69, 9.17) is 11.6 Å². The molecule has 0 atom stereocenters. The molecule has 2 aromatic carbocycles. The van der Waals surface area contributed by atoms with Crippen LogP contribution in [0.4, 0.5) is 0 Å². The van der Waals surface area contributed by atoms with Crippen molar-refractivity contribution in [3.63, 3.8) is 0 Å². The first kappa shape index (κ1) is 12.8. The van der Waals surface area contributed by atoms with Crippen molar-refractivity contribution in [2.75, 3.05) is 7.05 Å². The van der Waals surface area contributed by atoms with Crippen LogP contribution in [0, 0.1) is 0 Å². The van der Waals surface area contributed by atoms with Crippen LogP contribution in [0.1, 0.15) is 15.9 Å². The molecule has 0 aromatic heterocycles. The fraction of sp³-hybridized carbons (Fsp3) is 0.133. The number of benzene rings is 2. The van der Waals surface area contributed by atoms with Crippen molar-refractivity contribution in [3.05, 3.63) is 46.5 Å². The number of phenolic OH excluding ortho intramolecular Hbond substituents is 2. The molecule has 2 N–H and O–H groups in total. The number of amides is 1. The van der Waals surface area contributed by atoms with Crippen molar-refractivity contribution >= 4 is 17.5 Å². The van der Waals surface area contributed by atoms with Gasteiger partial charge in [-0.1, -0.05) is 17.7 Å². The van der Waals surface area contributed by atoms with Crippen molar-refractivity contribution in [1.82, 2.24) is 4.90 Å². The number of nitrogens with zero attached hydrogens (tertiary/aromatic N) is 1. The van der Waals surface area contributed by atoms with E-state index in [-0.39, 0.29) is 22.4 Å². The van der Waals surface area contributed by atoms with E-state index < -0.39 is 0 Å². The minimum absolute atomic E-state index is 0.116. The van der Waals surface area contributed by atoms with Gasteiger partial charge in [-0.2, -0.15) is 0 Å². The molecule has 1 aliphatic heterocycles. The van der Waals surface area contributed by atoms with Gasteiger partial charge >= 0.3 is 0 Å². The van der Waals surface area contributed by atoms with Gasteiger partial charge in [0.05, 0.1) is 10.6 Å². The SMILES string of the molecule is CN1Cc2cc(O)ccc2-c2cc(Cl)c(O)cc2C1=O. The van der Waals surface area contributed by atoms with Gasteiger partial charge in [0.25, 0.3) is 5.91 Å². The monoisotopic (exact) mass is 289 g/mol. The summed E-state index contributed by atoms with van der Waals surface area (Å²) in [5, 5.41) is 19.5. The van der Waals surface area contributed by atoms with Gasteiger partial charge in [-0.3, -0.25) is 4.79 Å². The Labute approximate surface area is 120 Å². The molecular formula is C15H12ClNO3. The first-order valence-corrected chi connectivity index (χ1v) is 6.45. The molecule has 4 nitrogen and oxygen atoms in total. The number of halogens is 1. The number of aromatic hydroxyl groups is 2. The lowest BCUT2D eigenvalue weighted by Gasteiger charge is -2.15. The summed E-state index contributed by atoms with van der Waals surface area (Å²) in [6.07, 6.45) is 0. The van der Waals surface area contributed by atoms with E-state index in [1.807, 2.05) is 0 Å². The summed E-state index contributed by atoms with van der Waals surface area (Å²) >= 11 is 5.96. The lowest BCUT2D eigenvalue weighted by atomic mass is 9.96. The van der Waals surface area contributed by atoms with E-state index in [9.17, 15) is 15.0 Å². The number of carbonyl (C=O) groups excluding carboxylic acids is 1. The van der Waals surface area contributed by atoms with Gasteiger partial charge in [-0.15, -0.1) is 0 Å². The summed E-state index contributed by atoms with van der Waals surface area (Å²) in [5.74, 6) is -0.157. The van der Waals surface area contributed by atoms with Gasteiger partial charge in [-0.05, 0) is 41.0 Å². The molecule has 1 amide bonds. The van der Waals surface area contributed by atoms with Crippen molar-refractivity contribution in [3.8, 4) is 22.6 Å². The maximum absolute atomic E-state index is 12.4. The molecule has 0 unspecified atom stereocenters. The smallest absolute Gasteiger partial charge is 0.254 e. The summed E-state index contributed by atoms with van der Waals surface area (Å²) in [6, 6.07) is 7.93. The van der Waals surface area contributed by atoms with Crippen molar-refractivity contribution in [1.29, 1.82) is 0 Å². The van der Waals surface area contributed by atoms with Crippen LogP contribution in [0.3, 0.4) is 0 Å². The van der Waals surface area contributed by atoms with Crippen LogP contribution in [0.5, 0.6) is 11.5 Å². The number of phenols is 2. The average Bonchev–Trinajstić information content (AvgIpc) is 2.49. The predicted molar refractivity (Wildman–Crippen MR) is 76.0 cm³/mol. The largest absolute Gasteiger partial charge is 0.508 e. The van der Waals surface area contributed by atoms with E-state index in [0.717, 1.165) is 11.1 Å². The van der Waals surface area contributed by atoms with E-state index in [0.29, 0.717) is 17.7 Å². The Morgan fingerprint density at radius 3 is 2.60 bits per heavy atom. The molecule has 5 heteroatoms. The second-order valence-electron chi connectivity index (χ2n) is 4.85. The molecule has 0 saturated heterocycles. The highest BCUT2D eigenvalue weighted by atomic mass is 35.5. The zero-order valence-corrected chi connectivity index (χ0v) is 11.5. The Balaban J connectivity index is 2.35. The minimum Gasteiger partial charge on any atom is -0.508 e. The summed E-state index contributed by atoms with van der Waals surface area (Å²) < 4.78 is 0. The average molecular weight is 290 g/mol. The molecule has 2 aromatic rings. The molecule has 3 rings (SSSR count). The minimum atomic E-state index is -0.192. The Kier molecular flexibility index (Phi) is 2.83. The number of carbonyl (C=O) groups is 1. The Morgan fingerprint density at radius 2 is 1.85 bits per heavy atom. The first-order chi connectivity index (χ1) is 9.47. The maximum atomic E-state index is 12.4. The van der Waals surface area contributed by atoms with Crippen molar-refractivity contribution < 1.29 is 15.0 Å². The third kappa shape index (κ3) is 1.89. The number of hydrogen-bond donors (Lipinski definition) is 2. The lowest BCUT2D eigenvalue weighted by molar-refractivity contribution is 0.0788. The normalized spacial score (nSPS) is 13.7. The summed E-state index contributed by atoms with van der Waals surface area (Å²) in [4.78, 5) is 13.9. The van der Waals surface area contributed by atoms with Gasteiger partial charge in [0.2, 0.25) is 0 Å². The van der Waals surface area contributed by atoms with Crippen molar-refractivity contribution in [2.24, 2.45) is 0 Å². The quantitative estimate of drug-likeness (QED) is 0.784. The Hall–Kier alpha value is -2.20. The zero-order chi connectivity index (χ0) is 14.4. The third-order valence-corrected chi connectivity index (χ3v) is 3.75. The molecule has 1 aliphatic rings. The number of hydrogen-bond acceptors (Lipinski definition) is 3. The van der Waals surface area contributed by atoms with Gasteiger partial charge in [0.1, 0.15) is 11.5 Å².